The molecular weight excluding hydrogens is 516 g/mol. The molecule has 0 aliphatic heterocycles. The molecule has 0 aliphatic carbocycles. The Hall–Kier alpha value is -3.10. The highest BCUT2D eigenvalue weighted by Gasteiger charge is 2.17. The van der Waals surface area contributed by atoms with Gasteiger partial charge in [-0.15, -0.1) is 31.1 Å². The molecule has 0 saturated carbocycles. The van der Waals surface area contributed by atoms with Gasteiger partial charge in [0.05, 0.1) is 25.4 Å². The highest BCUT2D eigenvalue weighted by Crippen LogP contribution is 2.29. The second-order valence-corrected chi connectivity index (χ2v) is 9.17. The van der Waals surface area contributed by atoms with E-state index >= 15 is 0 Å². The molecule has 0 unspecified atom stereocenters. The Balaban J connectivity index is 0.00000119. The van der Waals surface area contributed by atoms with E-state index in [0.717, 1.165) is 18.4 Å². The van der Waals surface area contributed by atoms with Crippen LogP contribution >= 0.6 is 23.1 Å². The van der Waals surface area contributed by atoms with Crippen molar-refractivity contribution in [3.05, 3.63) is 83.0 Å². The SMILES string of the molecule is C=CCC.C=CCC.C=CCn1c(SCC(=O)c2ccc(OC)c(OC)c2)nc2scc(C)c2c1=O.CC. The third-order valence-electron chi connectivity index (χ3n) is 4.77. The lowest BCUT2D eigenvalue weighted by Crippen LogP contribution is -2.23. The van der Waals surface area contributed by atoms with Crippen LogP contribution in [-0.4, -0.2) is 35.3 Å². The number of Topliss-reactive ketones (excluding diaryl/α,β-unsaturated/α-hetero) is 1. The van der Waals surface area contributed by atoms with Crippen LogP contribution in [0.1, 0.15) is 56.5 Å². The largest absolute Gasteiger partial charge is 0.493 e. The average Bonchev–Trinajstić information content (AvgIpc) is 3.34. The van der Waals surface area contributed by atoms with Crippen molar-refractivity contribution in [3.8, 4) is 11.5 Å². The lowest BCUT2D eigenvalue weighted by molar-refractivity contribution is 0.102. The minimum atomic E-state index is -0.107. The summed E-state index contributed by atoms with van der Waals surface area (Å²) in [6.07, 6.45) is 7.57. The zero-order chi connectivity index (χ0) is 29.1. The van der Waals surface area contributed by atoms with Gasteiger partial charge in [0.25, 0.3) is 5.56 Å². The van der Waals surface area contributed by atoms with Crippen LogP contribution in [0.2, 0.25) is 0 Å². The molecular formula is C30H42N2O4S2. The van der Waals surface area contributed by atoms with Crippen LogP contribution in [0.15, 0.2) is 71.5 Å². The fourth-order valence-electron chi connectivity index (χ4n) is 2.77. The molecule has 0 atom stereocenters. The standard InChI is InChI=1S/C20H20N2O4S2.2C4H8.C2H6/c1-5-8-22-19(24)17-12(2)10-27-18(17)21-20(22)28-11-14(23)13-6-7-15(25-3)16(9-13)26-4;2*1-3-4-2;1-2/h5-7,9-10H,1,8,11H2,2-4H3;2*3H,1,4H2,2H3;1-2H3. The quantitative estimate of drug-likeness (QED) is 0.108. The van der Waals surface area contributed by atoms with E-state index in [2.05, 4.69) is 38.6 Å². The number of methoxy groups -OCH3 is 2. The number of aryl methyl sites for hydroxylation is 1. The van der Waals surface area contributed by atoms with Gasteiger partial charge in [-0.2, -0.15) is 0 Å². The molecule has 0 bridgehead atoms. The van der Waals surface area contributed by atoms with Gasteiger partial charge in [-0.05, 0) is 48.9 Å². The number of thioether (sulfide) groups is 1. The first-order valence-corrected chi connectivity index (χ1v) is 14.4. The van der Waals surface area contributed by atoms with E-state index in [1.807, 2.05) is 38.3 Å². The predicted molar refractivity (Wildman–Crippen MR) is 166 cm³/mol. The highest BCUT2D eigenvalue weighted by atomic mass is 32.2. The van der Waals surface area contributed by atoms with Gasteiger partial charge in [-0.1, -0.05) is 57.7 Å². The topological polar surface area (TPSA) is 70.4 Å². The number of thiophene rings is 1. The number of fused-ring (bicyclic) bond motifs is 1. The predicted octanol–water partition coefficient (Wildman–Crippen LogP) is 8.14. The Morgan fingerprint density at radius 1 is 1.05 bits per heavy atom. The van der Waals surface area contributed by atoms with Gasteiger partial charge in [-0.25, -0.2) is 4.98 Å². The number of allylic oxidation sites excluding steroid dienone is 3. The molecule has 0 N–H and O–H groups in total. The monoisotopic (exact) mass is 558 g/mol. The molecule has 3 rings (SSSR count). The molecule has 6 nitrogen and oxygen atoms in total. The van der Waals surface area contributed by atoms with Gasteiger partial charge in [0.1, 0.15) is 4.83 Å². The molecule has 2 aromatic heterocycles. The second-order valence-electron chi connectivity index (χ2n) is 7.37. The summed E-state index contributed by atoms with van der Waals surface area (Å²) in [4.78, 5) is 30.8. The summed E-state index contributed by atoms with van der Waals surface area (Å²) in [5, 5.41) is 3.05. The van der Waals surface area contributed by atoms with Crippen molar-refractivity contribution in [1.82, 2.24) is 9.55 Å². The Bertz CT molecular complexity index is 1220. The first-order valence-electron chi connectivity index (χ1n) is 12.5. The summed E-state index contributed by atoms with van der Waals surface area (Å²) in [7, 11) is 3.07. The summed E-state index contributed by atoms with van der Waals surface area (Å²) >= 11 is 2.67. The van der Waals surface area contributed by atoms with Gasteiger partial charge in [0.15, 0.2) is 22.4 Å². The second kappa shape index (κ2) is 19.9. The van der Waals surface area contributed by atoms with Crippen molar-refractivity contribution in [2.24, 2.45) is 0 Å². The molecule has 0 spiro atoms. The molecule has 208 valence electrons. The summed E-state index contributed by atoms with van der Waals surface area (Å²) in [6.45, 7) is 21.0. The minimum absolute atomic E-state index is 0.0900. The van der Waals surface area contributed by atoms with Gasteiger partial charge < -0.3 is 9.47 Å². The average molecular weight is 559 g/mol. The maximum absolute atomic E-state index is 12.8. The van der Waals surface area contributed by atoms with Crippen LogP contribution in [0, 0.1) is 6.92 Å². The van der Waals surface area contributed by atoms with E-state index in [9.17, 15) is 9.59 Å². The zero-order valence-corrected chi connectivity index (χ0v) is 25.5. The number of ketones is 1. The Morgan fingerprint density at radius 3 is 2.13 bits per heavy atom. The number of hydrogen-bond donors (Lipinski definition) is 0. The van der Waals surface area contributed by atoms with Gasteiger partial charge in [-0.3, -0.25) is 14.2 Å². The fraction of sp³-hybridized carbons (Fsp3) is 0.367. The lowest BCUT2D eigenvalue weighted by atomic mass is 10.1. The Morgan fingerprint density at radius 2 is 1.63 bits per heavy atom. The molecule has 0 saturated heterocycles. The summed E-state index contributed by atoms with van der Waals surface area (Å²) in [5.41, 5.74) is 1.31. The molecule has 0 amide bonds. The molecule has 0 aliphatic rings. The zero-order valence-electron chi connectivity index (χ0n) is 23.8. The van der Waals surface area contributed by atoms with Crippen molar-refractivity contribution in [2.75, 3.05) is 20.0 Å². The van der Waals surface area contributed by atoms with E-state index in [4.69, 9.17) is 9.47 Å². The van der Waals surface area contributed by atoms with Crippen molar-refractivity contribution in [3.63, 3.8) is 0 Å². The van der Waals surface area contributed by atoms with Crippen LogP contribution in [0.4, 0.5) is 0 Å². The maximum Gasteiger partial charge on any atom is 0.263 e. The van der Waals surface area contributed by atoms with E-state index in [-0.39, 0.29) is 17.1 Å². The van der Waals surface area contributed by atoms with E-state index in [1.165, 1.54) is 30.2 Å². The van der Waals surface area contributed by atoms with Crippen molar-refractivity contribution < 1.29 is 14.3 Å². The first-order chi connectivity index (χ1) is 18.3. The summed E-state index contributed by atoms with van der Waals surface area (Å²) in [5.74, 6) is 1.12. The normalized spacial score (nSPS) is 9.45. The molecule has 38 heavy (non-hydrogen) atoms. The number of carbonyl (C=O) groups is 1. The molecule has 0 fully saturated rings. The molecule has 2 heterocycles. The number of aromatic nitrogens is 2. The number of rotatable bonds is 10. The molecule has 8 heteroatoms. The third kappa shape index (κ3) is 10.3. The molecule has 3 aromatic rings. The number of benzene rings is 1. The number of carbonyl (C=O) groups excluding carboxylic acids is 1. The summed E-state index contributed by atoms with van der Waals surface area (Å²) < 4.78 is 12.0. The lowest BCUT2D eigenvalue weighted by Gasteiger charge is -2.11. The summed E-state index contributed by atoms with van der Waals surface area (Å²) in [6, 6.07) is 5.04. The minimum Gasteiger partial charge on any atom is -0.493 e. The van der Waals surface area contributed by atoms with Gasteiger partial charge >= 0.3 is 0 Å². The van der Waals surface area contributed by atoms with Gasteiger partial charge in [0.2, 0.25) is 0 Å². The fourth-order valence-corrected chi connectivity index (χ4v) is 4.63. The van der Waals surface area contributed by atoms with Crippen LogP contribution in [0.25, 0.3) is 10.2 Å². The smallest absolute Gasteiger partial charge is 0.263 e. The Labute approximate surface area is 236 Å². The number of ether oxygens (including phenoxy) is 2. The van der Waals surface area contributed by atoms with Crippen LogP contribution in [-0.2, 0) is 6.54 Å². The third-order valence-corrected chi connectivity index (χ3v) is 6.74. The maximum atomic E-state index is 12.8. The molecule has 0 radical (unpaired) electrons. The first kappa shape index (κ1) is 34.9. The van der Waals surface area contributed by atoms with Crippen LogP contribution < -0.4 is 15.0 Å². The van der Waals surface area contributed by atoms with Crippen LogP contribution in [0.5, 0.6) is 11.5 Å². The van der Waals surface area contributed by atoms with Crippen molar-refractivity contribution >= 4 is 39.1 Å². The Kier molecular flexibility index (Phi) is 18.3. The van der Waals surface area contributed by atoms with E-state index in [0.29, 0.717) is 39.0 Å². The van der Waals surface area contributed by atoms with Gasteiger partial charge in [0, 0.05) is 12.1 Å². The van der Waals surface area contributed by atoms with Crippen molar-refractivity contribution in [1.29, 1.82) is 0 Å². The van der Waals surface area contributed by atoms with Crippen LogP contribution in [0.3, 0.4) is 0 Å². The van der Waals surface area contributed by atoms with E-state index < -0.39 is 0 Å². The number of nitrogens with zero attached hydrogens (tertiary/aromatic N) is 2. The van der Waals surface area contributed by atoms with E-state index in [1.54, 1.807) is 36.0 Å². The molecule has 1 aromatic carbocycles. The van der Waals surface area contributed by atoms with Crippen molar-refractivity contribution in [2.45, 2.75) is 59.2 Å². The number of hydrogen-bond acceptors (Lipinski definition) is 7. The highest BCUT2D eigenvalue weighted by molar-refractivity contribution is 7.99.